The number of hydrogen-bond acceptors (Lipinski definition) is 2. The monoisotopic (exact) mass is 500 g/mol. The zero-order valence-electron chi connectivity index (χ0n) is 23.3. The van der Waals surface area contributed by atoms with Crippen molar-refractivity contribution in [2.45, 2.75) is 47.0 Å². The Morgan fingerprint density at radius 2 is 1.47 bits per heavy atom. The fraction of sp³-hybridized carbons (Fsp3) is 0.235. The lowest BCUT2D eigenvalue weighted by Crippen LogP contribution is -2.30. The molecule has 0 saturated carbocycles. The molecule has 0 N–H and O–H groups in total. The Morgan fingerprint density at radius 3 is 2.16 bits per heavy atom. The molecule has 0 amide bonds. The number of para-hydroxylation sites is 2. The van der Waals surface area contributed by atoms with E-state index in [0.29, 0.717) is 5.89 Å². The minimum absolute atomic E-state index is 0.104. The van der Waals surface area contributed by atoms with E-state index >= 15 is 0 Å². The highest BCUT2D eigenvalue weighted by Crippen LogP contribution is 2.35. The normalized spacial score (nSPS) is 12.1. The van der Waals surface area contributed by atoms with Gasteiger partial charge in [0.25, 0.3) is 5.82 Å². The lowest BCUT2D eigenvalue weighted by atomic mass is 9.87. The SMILES string of the molecule is Cc1cc2oc(-c3c(C)cccc3C)nc2cc1-c1n(-c2ccc(C(C)(C)C)cc2)c2ccccc2[n+]1C. The molecule has 0 spiro atoms. The van der Waals surface area contributed by atoms with Crippen molar-refractivity contribution in [3.63, 3.8) is 0 Å². The Kier molecular flexibility index (Phi) is 5.53. The molecule has 6 rings (SSSR count). The molecule has 0 bridgehead atoms. The molecule has 0 aliphatic rings. The van der Waals surface area contributed by atoms with Crippen LogP contribution in [0.15, 0.2) is 83.3 Å². The maximum absolute atomic E-state index is 6.31. The van der Waals surface area contributed by atoms with Gasteiger partial charge in [-0.3, -0.25) is 0 Å². The summed E-state index contributed by atoms with van der Waals surface area (Å²) in [5.41, 5.74) is 12.3. The van der Waals surface area contributed by atoms with Gasteiger partial charge in [-0.15, -0.1) is 0 Å². The van der Waals surface area contributed by atoms with E-state index in [1.165, 1.54) is 27.7 Å². The first kappa shape index (κ1) is 24.2. The second kappa shape index (κ2) is 8.70. The van der Waals surface area contributed by atoms with Gasteiger partial charge in [0.1, 0.15) is 11.2 Å². The summed E-state index contributed by atoms with van der Waals surface area (Å²) >= 11 is 0. The minimum atomic E-state index is 0.104. The molecule has 0 saturated heterocycles. The van der Waals surface area contributed by atoms with E-state index in [4.69, 9.17) is 9.40 Å². The molecular weight excluding hydrogens is 466 g/mol. The molecular formula is C34H34N3O+. The van der Waals surface area contributed by atoms with Gasteiger partial charge < -0.3 is 4.42 Å². The summed E-state index contributed by atoms with van der Waals surface area (Å²) in [6.07, 6.45) is 0. The molecule has 0 fully saturated rings. The average molecular weight is 501 g/mol. The molecule has 0 unspecified atom stereocenters. The molecule has 0 radical (unpaired) electrons. The Balaban J connectivity index is 1.59. The highest BCUT2D eigenvalue weighted by molar-refractivity contribution is 5.86. The third-order valence-corrected chi connectivity index (χ3v) is 7.68. The molecule has 0 aliphatic heterocycles. The van der Waals surface area contributed by atoms with Crippen molar-refractivity contribution < 1.29 is 8.98 Å². The summed E-state index contributed by atoms with van der Waals surface area (Å²) in [6, 6.07) is 28.1. The van der Waals surface area contributed by atoms with Crippen molar-refractivity contribution in [1.82, 2.24) is 9.55 Å². The van der Waals surface area contributed by atoms with Crippen LogP contribution in [-0.4, -0.2) is 9.55 Å². The van der Waals surface area contributed by atoms with Crippen LogP contribution in [0.25, 0.3) is 50.7 Å². The maximum Gasteiger partial charge on any atom is 0.295 e. The van der Waals surface area contributed by atoms with Crippen LogP contribution >= 0.6 is 0 Å². The van der Waals surface area contributed by atoms with Gasteiger partial charge in [-0.25, -0.2) is 9.55 Å². The second-order valence-electron chi connectivity index (χ2n) is 11.4. The minimum Gasteiger partial charge on any atom is -0.436 e. The number of hydrogen-bond donors (Lipinski definition) is 0. The predicted octanol–water partition coefficient (Wildman–Crippen LogP) is 8.15. The lowest BCUT2D eigenvalue weighted by molar-refractivity contribution is -0.633. The fourth-order valence-electron chi connectivity index (χ4n) is 5.56. The van der Waals surface area contributed by atoms with Crippen LogP contribution in [0.5, 0.6) is 0 Å². The molecule has 0 atom stereocenters. The van der Waals surface area contributed by atoms with Crippen LogP contribution in [0.3, 0.4) is 0 Å². The Bertz CT molecular complexity index is 1810. The van der Waals surface area contributed by atoms with E-state index in [1.807, 2.05) is 0 Å². The molecule has 4 aromatic carbocycles. The average Bonchev–Trinajstić information content (AvgIpc) is 3.41. The van der Waals surface area contributed by atoms with Gasteiger partial charge in [0.05, 0.1) is 12.6 Å². The number of rotatable bonds is 3. The molecule has 4 nitrogen and oxygen atoms in total. The summed E-state index contributed by atoms with van der Waals surface area (Å²) in [5, 5.41) is 0. The zero-order valence-corrected chi connectivity index (χ0v) is 23.3. The summed E-state index contributed by atoms with van der Waals surface area (Å²) in [6.45, 7) is 13.1. The molecule has 2 aromatic heterocycles. The largest absolute Gasteiger partial charge is 0.436 e. The summed E-state index contributed by atoms with van der Waals surface area (Å²) < 4.78 is 11.0. The number of oxazole rings is 1. The Morgan fingerprint density at radius 1 is 0.789 bits per heavy atom. The maximum atomic E-state index is 6.31. The highest BCUT2D eigenvalue weighted by Gasteiger charge is 2.28. The number of imidazole rings is 1. The quantitative estimate of drug-likeness (QED) is 0.230. The van der Waals surface area contributed by atoms with Crippen LogP contribution in [0.4, 0.5) is 0 Å². The van der Waals surface area contributed by atoms with Crippen LogP contribution in [0, 0.1) is 20.8 Å². The topological polar surface area (TPSA) is 34.8 Å². The van der Waals surface area contributed by atoms with Crippen molar-refractivity contribution in [2.24, 2.45) is 7.05 Å². The van der Waals surface area contributed by atoms with Gasteiger partial charge >= 0.3 is 0 Å². The van der Waals surface area contributed by atoms with Crippen LogP contribution < -0.4 is 4.57 Å². The first-order chi connectivity index (χ1) is 18.1. The van der Waals surface area contributed by atoms with Crippen LogP contribution in [0.2, 0.25) is 0 Å². The molecule has 6 aromatic rings. The molecule has 4 heteroatoms. The number of nitrogens with zero attached hydrogens (tertiary/aromatic N) is 3. The second-order valence-corrected chi connectivity index (χ2v) is 11.4. The third kappa shape index (κ3) is 3.83. The standard InChI is InChI=1S/C34H34N3O/c1-21-11-10-12-22(2)31(21)32-35-27-20-26(23(3)19-30(27)38-32)33-36(7)28-13-8-9-14-29(28)37(33)25-17-15-24(16-18-25)34(4,5)6/h8-20H,1-7H3/q+1. The molecule has 0 aliphatic carbocycles. The number of fused-ring (bicyclic) bond motifs is 2. The summed E-state index contributed by atoms with van der Waals surface area (Å²) in [7, 11) is 2.15. The van der Waals surface area contributed by atoms with Gasteiger partial charge in [0.15, 0.2) is 16.6 Å². The lowest BCUT2D eigenvalue weighted by Gasteiger charge is -2.18. The predicted molar refractivity (Wildman–Crippen MR) is 156 cm³/mol. The van der Waals surface area contributed by atoms with Gasteiger partial charge in [-0.1, -0.05) is 63.2 Å². The van der Waals surface area contributed by atoms with Gasteiger partial charge in [-0.2, -0.15) is 4.57 Å². The van der Waals surface area contributed by atoms with Gasteiger partial charge in [0.2, 0.25) is 5.89 Å². The number of aromatic nitrogens is 3. The highest BCUT2D eigenvalue weighted by atomic mass is 16.3. The Labute approximate surface area is 224 Å². The van der Waals surface area contributed by atoms with Crippen molar-refractivity contribution in [1.29, 1.82) is 0 Å². The summed E-state index contributed by atoms with van der Waals surface area (Å²) in [5.74, 6) is 1.79. The van der Waals surface area contributed by atoms with Crippen molar-refractivity contribution in [3.05, 3.63) is 101 Å². The Hall–Kier alpha value is -4.18. The van der Waals surface area contributed by atoms with E-state index in [0.717, 1.165) is 39.3 Å². The van der Waals surface area contributed by atoms with Crippen molar-refractivity contribution >= 4 is 22.1 Å². The van der Waals surface area contributed by atoms with E-state index < -0.39 is 0 Å². The third-order valence-electron chi connectivity index (χ3n) is 7.68. The van der Waals surface area contributed by atoms with Crippen molar-refractivity contribution in [2.75, 3.05) is 0 Å². The summed E-state index contributed by atoms with van der Waals surface area (Å²) in [4.78, 5) is 4.97. The molecule has 38 heavy (non-hydrogen) atoms. The van der Waals surface area contributed by atoms with E-state index in [9.17, 15) is 0 Å². The van der Waals surface area contributed by atoms with E-state index in [1.54, 1.807) is 0 Å². The van der Waals surface area contributed by atoms with Crippen LogP contribution in [0.1, 0.15) is 43.0 Å². The first-order valence-electron chi connectivity index (χ1n) is 13.2. The van der Waals surface area contributed by atoms with E-state index in [2.05, 4.69) is 137 Å². The number of aryl methyl sites for hydroxylation is 4. The van der Waals surface area contributed by atoms with Gasteiger partial charge in [-0.05, 0) is 84.8 Å². The smallest absolute Gasteiger partial charge is 0.295 e. The fourth-order valence-corrected chi connectivity index (χ4v) is 5.56. The first-order valence-corrected chi connectivity index (χ1v) is 13.2. The molecule has 2 heterocycles. The molecule has 190 valence electrons. The van der Waals surface area contributed by atoms with Crippen molar-refractivity contribution in [3.8, 4) is 28.5 Å². The van der Waals surface area contributed by atoms with Crippen LogP contribution in [-0.2, 0) is 12.5 Å². The number of benzene rings is 4. The van der Waals surface area contributed by atoms with Gasteiger partial charge in [0, 0.05) is 5.56 Å². The van der Waals surface area contributed by atoms with E-state index in [-0.39, 0.29) is 5.41 Å². The zero-order chi connectivity index (χ0) is 26.8.